The SMILES string of the molecule is O=C(NCCNS(=O)(=O)c1sccc1-c1ccccc1Oc1ccc(O)c(O)c1)Nc1cc(Cl)cc(Cl)c1. The molecule has 4 aromatic rings. The Morgan fingerprint density at radius 1 is 0.895 bits per heavy atom. The van der Waals surface area contributed by atoms with Crippen LogP contribution in [0.15, 0.2) is 76.3 Å². The van der Waals surface area contributed by atoms with Gasteiger partial charge in [0.2, 0.25) is 0 Å². The molecule has 0 saturated heterocycles. The van der Waals surface area contributed by atoms with Gasteiger partial charge in [-0.3, -0.25) is 0 Å². The molecule has 13 heteroatoms. The number of anilines is 1. The monoisotopic (exact) mass is 593 g/mol. The number of rotatable bonds is 9. The first kappa shape index (κ1) is 27.6. The Morgan fingerprint density at radius 2 is 1.63 bits per heavy atom. The van der Waals surface area contributed by atoms with Gasteiger partial charge in [0.1, 0.15) is 15.7 Å². The molecule has 5 N–H and O–H groups in total. The van der Waals surface area contributed by atoms with Gasteiger partial charge in [-0.2, -0.15) is 0 Å². The van der Waals surface area contributed by atoms with Crippen molar-refractivity contribution >= 4 is 56.3 Å². The maximum Gasteiger partial charge on any atom is 0.319 e. The number of amides is 2. The summed E-state index contributed by atoms with van der Waals surface area (Å²) in [5.74, 6) is -0.0211. The molecule has 2 amide bonds. The second-order valence-electron chi connectivity index (χ2n) is 7.81. The predicted octanol–water partition coefficient (Wildman–Crippen LogP) is 6.03. The number of nitrogens with one attached hydrogen (secondary N) is 3. The van der Waals surface area contributed by atoms with Crippen LogP contribution in [0.2, 0.25) is 10.0 Å². The molecule has 1 aromatic heterocycles. The van der Waals surface area contributed by atoms with Crippen LogP contribution in [0.25, 0.3) is 11.1 Å². The van der Waals surface area contributed by atoms with Gasteiger partial charge in [0.25, 0.3) is 10.0 Å². The number of aromatic hydroxyl groups is 2. The molecule has 0 spiro atoms. The second kappa shape index (κ2) is 11.9. The molecule has 1 heterocycles. The zero-order valence-corrected chi connectivity index (χ0v) is 22.6. The molecule has 0 saturated carbocycles. The van der Waals surface area contributed by atoms with Crippen LogP contribution >= 0.6 is 34.5 Å². The number of phenols is 2. The van der Waals surface area contributed by atoms with E-state index in [0.717, 1.165) is 11.3 Å². The highest BCUT2D eigenvalue weighted by Crippen LogP contribution is 2.40. The van der Waals surface area contributed by atoms with Crippen molar-refractivity contribution in [3.63, 3.8) is 0 Å². The van der Waals surface area contributed by atoms with Crippen molar-refractivity contribution in [3.8, 4) is 34.1 Å². The summed E-state index contributed by atoms with van der Waals surface area (Å²) in [5, 5.41) is 26.8. The number of urea groups is 1. The zero-order chi connectivity index (χ0) is 27.3. The lowest BCUT2D eigenvalue weighted by Crippen LogP contribution is -2.36. The molecule has 0 aliphatic heterocycles. The fourth-order valence-corrected chi connectivity index (χ4v) is 6.38. The smallest absolute Gasteiger partial charge is 0.319 e. The molecule has 0 radical (unpaired) electrons. The standard InChI is InChI=1S/C25H21Cl2N3O6S2/c26-15-11-16(27)13-17(12-15)30-25(33)28-8-9-29-38(34,35)24-20(7-10-37-24)19-3-1-2-4-23(19)36-18-5-6-21(31)22(32)14-18/h1-7,10-14,29,31-32H,8-9H2,(H2,28,30,33). The van der Waals surface area contributed by atoms with Crippen LogP contribution in [0, 0.1) is 0 Å². The van der Waals surface area contributed by atoms with Gasteiger partial charge < -0.3 is 25.6 Å². The molecule has 38 heavy (non-hydrogen) atoms. The van der Waals surface area contributed by atoms with Crippen LogP contribution in [0.4, 0.5) is 10.5 Å². The topological polar surface area (TPSA) is 137 Å². The maximum atomic E-state index is 13.1. The molecule has 3 aromatic carbocycles. The van der Waals surface area contributed by atoms with E-state index in [4.69, 9.17) is 27.9 Å². The number of carbonyl (C=O) groups excluding carboxylic acids is 1. The lowest BCUT2D eigenvalue weighted by atomic mass is 10.1. The minimum absolute atomic E-state index is 0.0180. The van der Waals surface area contributed by atoms with Gasteiger partial charge in [-0.25, -0.2) is 17.9 Å². The first-order valence-electron chi connectivity index (χ1n) is 11.0. The Balaban J connectivity index is 1.42. The highest BCUT2D eigenvalue weighted by Gasteiger charge is 2.23. The van der Waals surface area contributed by atoms with Gasteiger partial charge >= 0.3 is 6.03 Å². The second-order valence-corrected chi connectivity index (χ2v) is 11.6. The fraction of sp³-hybridized carbons (Fsp3) is 0.0800. The largest absolute Gasteiger partial charge is 0.504 e. The fourth-order valence-electron chi connectivity index (χ4n) is 3.40. The first-order valence-corrected chi connectivity index (χ1v) is 14.1. The highest BCUT2D eigenvalue weighted by atomic mass is 35.5. The van der Waals surface area contributed by atoms with E-state index >= 15 is 0 Å². The number of hydrogen-bond donors (Lipinski definition) is 5. The summed E-state index contributed by atoms with van der Waals surface area (Å²) in [6.07, 6.45) is 0. The molecule has 0 unspecified atom stereocenters. The average Bonchev–Trinajstić information content (AvgIpc) is 3.35. The Bertz CT molecular complexity index is 1560. The summed E-state index contributed by atoms with van der Waals surface area (Å²) in [6.45, 7) is -0.0432. The molecular formula is C25H21Cl2N3O6S2. The minimum Gasteiger partial charge on any atom is -0.504 e. The number of ether oxygens (including phenoxy) is 1. The van der Waals surface area contributed by atoms with E-state index in [9.17, 15) is 23.4 Å². The number of halogens is 2. The van der Waals surface area contributed by atoms with Gasteiger partial charge in [0.15, 0.2) is 11.5 Å². The molecular weight excluding hydrogens is 573 g/mol. The van der Waals surface area contributed by atoms with E-state index < -0.39 is 16.1 Å². The number of benzene rings is 3. The van der Waals surface area contributed by atoms with Crippen LogP contribution in [-0.2, 0) is 10.0 Å². The van der Waals surface area contributed by atoms with E-state index in [0.29, 0.717) is 32.6 Å². The number of sulfonamides is 1. The third-order valence-electron chi connectivity index (χ3n) is 5.05. The zero-order valence-electron chi connectivity index (χ0n) is 19.4. The van der Waals surface area contributed by atoms with E-state index in [1.165, 1.54) is 36.4 Å². The van der Waals surface area contributed by atoms with Gasteiger partial charge in [0.05, 0.1) is 0 Å². The van der Waals surface area contributed by atoms with Crippen molar-refractivity contribution in [1.82, 2.24) is 10.0 Å². The first-order chi connectivity index (χ1) is 18.1. The summed E-state index contributed by atoms with van der Waals surface area (Å²) in [4.78, 5) is 12.1. The van der Waals surface area contributed by atoms with Crippen molar-refractivity contribution in [2.75, 3.05) is 18.4 Å². The molecule has 0 fully saturated rings. The van der Waals surface area contributed by atoms with Crippen molar-refractivity contribution in [2.45, 2.75) is 4.21 Å². The Morgan fingerprint density at radius 3 is 2.37 bits per heavy atom. The van der Waals surface area contributed by atoms with Gasteiger partial charge in [-0.15, -0.1) is 11.3 Å². The molecule has 198 valence electrons. The normalized spacial score (nSPS) is 11.2. The predicted molar refractivity (Wildman–Crippen MR) is 148 cm³/mol. The van der Waals surface area contributed by atoms with Crippen LogP contribution in [0.5, 0.6) is 23.0 Å². The van der Waals surface area contributed by atoms with Crippen molar-refractivity contribution in [1.29, 1.82) is 0 Å². The third-order valence-corrected chi connectivity index (χ3v) is 8.43. The maximum absolute atomic E-state index is 13.1. The molecule has 0 atom stereocenters. The summed E-state index contributed by atoms with van der Waals surface area (Å²) < 4.78 is 34.6. The Labute approximate surface area is 232 Å². The van der Waals surface area contributed by atoms with Crippen molar-refractivity contribution < 1.29 is 28.2 Å². The van der Waals surface area contributed by atoms with Gasteiger partial charge in [0, 0.05) is 46.0 Å². The third kappa shape index (κ3) is 6.88. The number of para-hydroxylation sites is 1. The number of carbonyl (C=O) groups is 1. The number of thiophene rings is 1. The molecule has 4 rings (SSSR count). The number of hydrogen-bond acceptors (Lipinski definition) is 7. The van der Waals surface area contributed by atoms with Crippen LogP contribution in [0.1, 0.15) is 0 Å². The van der Waals surface area contributed by atoms with E-state index in [1.807, 2.05) is 0 Å². The van der Waals surface area contributed by atoms with E-state index in [1.54, 1.807) is 35.7 Å². The van der Waals surface area contributed by atoms with E-state index in [-0.39, 0.29) is 34.5 Å². The highest BCUT2D eigenvalue weighted by molar-refractivity contribution is 7.91. The minimum atomic E-state index is -3.93. The van der Waals surface area contributed by atoms with Gasteiger partial charge in [-0.1, -0.05) is 41.4 Å². The Kier molecular flexibility index (Phi) is 8.65. The average molecular weight is 594 g/mol. The summed E-state index contributed by atoms with van der Waals surface area (Å²) in [5.41, 5.74) is 1.33. The summed E-state index contributed by atoms with van der Waals surface area (Å²) in [6, 6.07) is 16.6. The molecule has 9 nitrogen and oxygen atoms in total. The molecule has 0 aliphatic rings. The van der Waals surface area contributed by atoms with Crippen LogP contribution in [0.3, 0.4) is 0 Å². The van der Waals surface area contributed by atoms with Crippen molar-refractivity contribution in [3.05, 3.63) is 82.2 Å². The lowest BCUT2D eigenvalue weighted by Gasteiger charge is -2.13. The molecule has 0 aliphatic carbocycles. The summed E-state index contributed by atoms with van der Waals surface area (Å²) in [7, 11) is -3.93. The lowest BCUT2D eigenvalue weighted by molar-refractivity contribution is 0.252. The number of phenolic OH excluding ortho intramolecular Hbond substituents is 2. The van der Waals surface area contributed by atoms with Crippen molar-refractivity contribution in [2.24, 2.45) is 0 Å². The van der Waals surface area contributed by atoms with E-state index in [2.05, 4.69) is 15.4 Å². The Hall–Kier alpha value is -3.48. The van der Waals surface area contributed by atoms with Gasteiger partial charge in [-0.05, 0) is 47.8 Å². The van der Waals surface area contributed by atoms with Crippen LogP contribution in [-0.4, -0.2) is 37.8 Å². The van der Waals surface area contributed by atoms with Crippen LogP contribution < -0.4 is 20.1 Å². The summed E-state index contributed by atoms with van der Waals surface area (Å²) >= 11 is 12.9. The molecule has 0 bridgehead atoms. The quantitative estimate of drug-likeness (QED) is 0.119.